The molecule has 1 fully saturated rings. The molecule has 0 bridgehead atoms. The Balaban J connectivity index is 1.68. The summed E-state index contributed by atoms with van der Waals surface area (Å²) in [6.07, 6.45) is 3.92. The van der Waals surface area contributed by atoms with Crippen LogP contribution in [0.3, 0.4) is 0 Å². The quantitative estimate of drug-likeness (QED) is 0.938. The summed E-state index contributed by atoms with van der Waals surface area (Å²) >= 11 is 0. The third-order valence-electron chi connectivity index (χ3n) is 4.12. The van der Waals surface area contributed by atoms with E-state index in [-0.39, 0.29) is 11.9 Å². The highest BCUT2D eigenvalue weighted by Crippen LogP contribution is 2.28. The minimum atomic E-state index is -0.240. The van der Waals surface area contributed by atoms with Gasteiger partial charge in [0.1, 0.15) is 5.82 Å². The van der Waals surface area contributed by atoms with E-state index in [2.05, 4.69) is 22.4 Å². The summed E-state index contributed by atoms with van der Waals surface area (Å²) in [6.45, 7) is 3.21. The van der Waals surface area contributed by atoms with Gasteiger partial charge in [-0.1, -0.05) is 30.6 Å². The lowest BCUT2D eigenvalue weighted by Crippen LogP contribution is -2.31. The summed E-state index contributed by atoms with van der Waals surface area (Å²) in [4.78, 5) is 4.46. The van der Waals surface area contributed by atoms with Crippen LogP contribution in [-0.2, 0) is 6.42 Å². The highest BCUT2D eigenvalue weighted by atomic mass is 19.1. The first-order valence-electron chi connectivity index (χ1n) is 7.55. The summed E-state index contributed by atoms with van der Waals surface area (Å²) in [5, 5.41) is 7.45. The fraction of sp³-hybridized carbons (Fsp3) is 0.500. The molecule has 0 saturated carbocycles. The van der Waals surface area contributed by atoms with Crippen molar-refractivity contribution in [1.82, 2.24) is 15.5 Å². The van der Waals surface area contributed by atoms with Gasteiger partial charge in [0.15, 0.2) is 5.82 Å². The molecular formula is C16H20FN3O. The van der Waals surface area contributed by atoms with E-state index in [0.29, 0.717) is 18.1 Å². The van der Waals surface area contributed by atoms with E-state index >= 15 is 0 Å². The molecule has 4 nitrogen and oxygen atoms in total. The molecule has 1 saturated heterocycles. The van der Waals surface area contributed by atoms with Crippen LogP contribution in [0.25, 0.3) is 0 Å². The van der Waals surface area contributed by atoms with Crippen LogP contribution in [0.1, 0.15) is 49.5 Å². The third kappa shape index (κ3) is 3.47. The summed E-state index contributed by atoms with van der Waals surface area (Å²) in [7, 11) is 0. The first kappa shape index (κ1) is 14.2. The smallest absolute Gasteiger partial charge is 0.243 e. The molecule has 1 aromatic carbocycles. The summed E-state index contributed by atoms with van der Waals surface area (Å²) in [5.74, 6) is 1.74. The first-order chi connectivity index (χ1) is 10.2. The number of benzene rings is 1. The summed E-state index contributed by atoms with van der Waals surface area (Å²) < 4.78 is 18.6. The average molecular weight is 289 g/mol. The molecule has 21 heavy (non-hydrogen) atoms. The second-order valence-electron chi connectivity index (χ2n) is 5.66. The Morgan fingerprint density at radius 1 is 1.43 bits per heavy atom. The van der Waals surface area contributed by atoms with Gasteiger partial charge in [-0.3, -0.25) is 0 Å². The van der Waals surface area contributed by atoms with Gasteiger partial charge in [-0.05, 0) is 43.0 Å². The molecule has 5 heteroatoms. The van der Waals surface area contributed by atoms with Gasteiger partial charge in [-0.2, -0.15) is 4.98 Å². The highest BCUT2D eigenvalue weighted by Gasteiger charge is 2.26. The van der Waals surface area contributed by atoms with Crippen molar-refractivity contribution in [3.05, 3.63) is 47.4 Å². The number of rotatable bonds is 4. The van der Waals surface area contributed by atoms with Crippen LogP contribution in [0, 0.1) is 11.7 Å². The molecule has 0 spiro atoms. The molecule has 3 rings (SSSR count). The van der Waals surface area contributed by atoms with Crippen molar-refractivity contribution in [3.63, 3.8) is 0 Å². The molecular weight excluding hydrogens is 269 g/mol. The normalized spacial score (nSPS) is 22.4. The number of nitrogens with zero attached hydrogens (tertiary/aromatic N) is 2. The van der Waals surface area contributed by atoms with Gasteiger partial charge in [-0.15, -0.1) is 0 Å². The molecule has 1 N–H and O–H groups in total. The molecule has 112 valence electrons. The fourth-order valence-corrected chi connectivity index (χ4v) is 2.87. The lowest BCUT2D eigenvalue weighted by Gasteiger charge is -2.27. The zero-order valence-electron chi connectivity index (χ0n) is 12.2. The maximum absolute atomic E-state index is 13.2. The molecule has 2 atom stereocenters. The van der Waals surface area contributed by atoms with Crippen LogP contribution in [-0.4, -0.2) is 16.7 Å². The SMILES string of the molecule is CCC1CCNC(c2nc(Cc3cccc(F)c3)no2)C1. The standard InChI is InChI=1S/C16H20FN3O/c1-2-11-6-7-18-14(9-11)16-19-15(20-21-16)10-12-4-3-5-13(17)8-12/h3-5,8,11,14,18H,2,6-7,9-10H2,1H3. The first-order valence-corrected chi connectivity index (χ1v) is 7.55. The zero-order chi connectivity index (χ0) is 14.7. The third-order valence-corrected chi connectivity index (χ3v) is 4.12. The van der Waals surface area contributed by atoms with Crippen molar-refractivity contribution >= 4 is 0 Å². The molecule has 1 aromatic heterocycles. The number of aromatic nitrogens is 2. The van der Waals surface area contributed by atoms with Crippen LogP contribution in [0.5, 0.6) is 0 Å². The Kier molecular flexibility index (Phi) is 4.29. The van der Waals surface area contributed by atoms with E-state index in [1.807, 2.05) is 6.07 Å². The Labute approximate surface area is 123 Å². The minimum Gasteiger partial charge on any atom is -0.338 e. The lowest BCUT2D eigenvalue weighted by molar-refractivity contribution is 0.245. The van der Waals surface area contributed by atoms with Crippen molar-refractivity contribution in [3.8, 4) is 0 Å². The lowest BCUT2D eigenvalue weighted by atomic mass is 9.90. The van der Waals surface area contributed by atoms with Gasteiger partial charge < -0.3 is 9.84 Å². The van der Waals surface area contributed by atoms with Crippen LogP contribution >= 0.6 is 0 Å². The number of piperidine rings is 1. The van der Waals surface area contributed by atoms with E-state index in [0.717, 1.165) is 24.4 Å². The monoisotopic (exact) mass is 289 g/mol. The predicted molar refractivity (Wildman–Crippen MR) is 77.3 cm³/mol. The van der Waals surface area contributed by atoms with E-state index in [4.69, 9.17) is 4.52 Å². The van der Waals surface area contributed by atoms with Crippen LogP contribution < -0.4 is 5.32 Å². The predicted octanol–water partition coefficient (Wildman–Crippen LogP) is 3.25. The molecule has 0 amide bonds. The fourth-order valence-electron chi connectivity index (χ4n) is 2.87. The van der Waals surface area contributed by atoms with Crippen molar-refractivity contribution in [2.75, 3.05) is 6.54 Å². The minimum absolute atomic E-state index is 0.150. The van der Waals surface area contributed by atoms with Gasteiger partial charge in [-0.25, -0.2) is 4.39 Å². The average Bonchev–Trinajstić information content (AvgIpc) is 2.96. The van der Waals surface area contributed by atoms with Gasteiger partial charge in [0.2, 0.25) is 5.89 Å². The summed E-state index contributed by atoms with van der Waals surface area (Å²) in [5.41, 5.74) is 0.852. The molecule has 0 radical (unpaired) electrons. The van der Waals surface area contributed by atoms with Crippen molar-refractivity contribution in [2.45, 2.75) is 38.6 Å². The van der Waals surface area contributed by atoms with Crippen LogP contribution in [0.15, 0.2) is 28.8 Å². The second kappa shape index (κ2) is 6.35. The number of halogens is 1. The molecule has 1 aliphatic heterocycles. The zero-order valence-corrected chi connectivity index (χ0v) is 12.2. The maximum Gasteiger partial charge on any atom is 0.243 e. The van der Waals surface area contributed by atoms with Crippen LogP contribution in [0.2, 0.25) is 0 Å². The topological polar surface area (TPSA) is 51.0 Å². The largest absolute Gasteiger partial charge is 0.338 e. The van der Waals surface area contributed by atoms with Crippen molar-refractivity contribution < 1.29 is 8.91 Å². The molecule has 2 aromatic rings. The summed E-state index contributed by atoms with van der Waals surface area (Å²) in [6, 6.07) is 6.65. The van der Waals surface area contributed by atoms with E-state index < -0.39 is 0 Å². The van der Waals surface area contributed by atoms with E-state index in [1.54, 1.807) is 6.07 Å². The van der Waals surface area contributed by atoms with Crippen molar-refractivity contribution in [2.24, 2.45) is 5.92 Å². The van der Waals surface area contributed by atoms with Crippen LogP contribution in [0.4, 0.5) is 4.39 Å². The Morgan fingerprint density at radius 3 is 3.14 bits per heavy atom. The Bertz CT molecular complexity index is 599. The Hall–Kier alpha value is -1.75. The number of hydrogen-bond acceptors (Lipinski definition) is 4. The van der Waals surface area contributed by atoms with Gasteiger partial charge in [0, 0.05) is 6.42 Å². The number of hydrogen-bond donors (Lipinski definition) is 1. The highest BCUT2D eigenvalue weighted by molar-refractivity contribution is 5.19. The molecule has 2 unspecified atom stereocenters. The molecule has 1 aliphatic rings. The second-order valence-corrected chi connectivity index (χ2v) is 5.66. The van der Waals surface area contributed by atoms with E-state index in [1.165, 1.54) is 25.0 Å². The molecule has 2 heterocycles. The van der Waals surface area contributed by atoms with Gasteiger partial charge in [0.05, 0.1) is 6.04 Å². The molecule has 0 aliphatic carbocycles. The number of nitrogens with one attached hydrogen (secondary N) is 1. The maximum atomic E-state index is 13.2. The van der Waals surface area contributed by atoms with Crippen molar-refractivity contribution in [1.29, 1.82) is 0 Å². The van der Waals surface area contributed by atoms with E-state index in [9.17, 15) is 4.39 Å². The van der Waals surface area contributed by atoms with Gasteiger partial charge in [0.25, 0.3) is 0 Å². The van der Waals surface area contributed by atoms with Gasteiger partial charge >= 0.3 is 0 Å². The Morgan fingerprint density at radius 2 is 2.33 bits per heavy atom.